The van der Waals surface area contributed by atoms with Crippen molar-refractivity contribution in [2.45, 2.75) is 31.0 Å². The number of amides is 1. The number of nitrogens with one attached hydrogen (secondary N) is 1. The second kappa shape index (κ2) is 8.53. The Morgan fingerprint density at radius 3 is 2.69 bits per heavy atom. The topological polar surface area (TPSA) is 56.2 Å². The van der Waals surface area contributed by atoms with E-state index in [0.717, 1.165) is 11.1 Å². The number of imidazole rings is 1. The molecule has 3 aromatic rings. The lowest BCUT2D eigenvalue weighted by molar-refractivity contribution is -0.153. The summed E-state index contributed by atoms with van der Waals surface area (Å²) in [5.41, 5.74) is 1.72. The number of alkyl halides is 3. The third kappa shape index (κ3) is 4.85. The number of carbonyl (C=O) groups is 1. The molecule has 0 aliphatic carbocycles. The Morgan fingerprint density at radius 1 is 1.19 bits per heavy atom. The zero-order valence-electron chi connectivity index (χ0n) is 17.2. The molecule has 0 saturated carbocycles. The third-order valence-corrected chi connectivity index (χ3v) is 5.45. The minimum absolute atomic E-state index is 0.156. The van der Waals surface area contributed by atoms with E-state index in [1.807, 2.05) is 36.4 Å². The van der Waals surface area contributed by atoms with Crippen molar-refractivity contribution < 1.29 is 22.7 Å². The number of nitrogens with zero attached hydrogens (tertiary/aromatic N) is 2. The molecule has 0 saturated heterocycles. The standard InChI is InChI=1S/C24H22F3N3O2/c1-2-23(12-11-17-7-6-10-19(13-17)32-16-24(25,26)27)14-21-28-20(15-30(21)22(31)29-23)18-8-4-3-5-9-18/h2-10,13,15H,1,11-12,14,16H2,(H,29,31)/t23-/m0/s1. The number of halogens is 3. The number of aromatic nitrogens is 2. The van der Waals surface area contributed by atoms with Crippen LogP contribution in [0.2, 0.25) is 0 Å². The van der Waals surface area contributed by atoms with Gasteiger partial charge >= 0.3 is 12.2 Å². The third-order valence-electron chi connectivity index (χ3n) is 5.45. The number of hydrogen-bond donors (Lipinski definition) is 1. The summed E-state index contributed by atoms with van der Waals surface area (Å²) >= 11 is 0. The summed E-state index contributed by atoms with van der Waals surface area (Å²) in [6.45, 7) is 2.58. The van der Waals surface area contributed by atoms with Crippen LogP contribution in [0.4, 0.5) is 18.0 Å². The van der Waals surface area contributed by atoms with E-state index in [1.165, 1.54) is 10.6 Å². The van der Waals surface area contributed by atoms with Crippen LogP contribution < -0.4 is 10.1 Å². The van der Waals surface area contributed by atoms with Gasteiger partial charge in [0.15, 0.2) is 6.61 Å². The van der Waals surface area contributed by atoms with Gasteiger partial charge in [-0.3, -0.25) is 4.57 Å². The highest BCUT2D eigenvalue weighted by atomic mass is 19.4. The predicted molar refractivity (Wildman–Crippen MR) is 115 cm³/mol. The summed E-state index contributed by atoms with van der Waals surface area (Å²) in [6.07, 6.45) is 0.513. The first-order valence-electron chi connectivity index (χ1n) is 10.2. The molecular formula is C24H22F3N3O2. The predicted octanol–water partition coefficient (Wildman–Crippen LogP) is 5.16. The minimum atomic E-state index is -4.39. The van der Waals surface area contributed by atoms with E-state index in [9.17, 15) is 18.0 Å². The molecule has 1 aromatic heterocycles. The van der Waals surface area contributed by atoms with Gasteiger partial charge in [0.25, 0.3) is 0 Å². The van der Waals surface area contributed by atoms with E-state index in [2.05, 4.69) is 16.9 Å². The lowest BCUT2D eigenvalue weighted by Gasteiger charge is -2.35. The molecule has 1 aliphatic rings. The molecule has 0 fully saturated rings. The maximum atomic E-state index is 12.8. The summed E-state index contributed by atoms with van der Waals surface area (Å²) < 4.78 is 43.6. The van der Waals surface area contributed by atoms with Crippen LogP contribution >= 0.6 is 0 Å². The van der Waals surface area contributed by atoms with Crippen LogP contribution in [-0.2, 0) is 12.8 Å². The SMILES string of the molecule is C=C[C@]1(CCc2cccc(OCC(F)(F)F)c2)Cc2nc(-c3ccccc3)cn2C(=O)N1. The van der Waals surface area contributed by atoms with E-state index in [0.29, 0.717) is 30.8 Å². The summed E-state index contributed by atoms with van der Waals surface area (Å²) in [7, 11) is 0. The van der Waals surface area contributed by atoms with Gasteiger partial charge in [0.2, 0.25) is 0 Å². The fourth-order valence-corrected chi connectivity index (χ4v) is 3.77. The monoisotopic (exact) mass is 441 g/mol. The first-order valence-corrected chi connectivity index (χ1v) is 10.2. The zero-order chi connectivity index (χ0) is 22.8. The first-order chi connectivity index (χ1) is 15.3. The molecule has 0 spiro atoms. The molecular weight excluding hydrogens is 419 g/mol. The smallest absolute Gasteiger partial charge is 0.422 e. The Bertz CT molecular complexity index is 1130. The fourth-order valence-electron chi connectivity index (χ4n) is 3.77. The van der Waals surface area contributed by atoms with Crippen molar-refractivity contribution in [1.29, 1.82) is 0 Å². The molecule has 4 rings (SSSR count). The van der Waals surface area contributed by atoms with Gasteiger partial charge in [-0.25, -0.2) is 9.78 Å². The second-order valence-electron chi connectivity index (χ2n) is 7.80. The van der Waals surface area contributed by atoms with Gasteiger partial charge in [-0.1, -0.05) is 48.5 Å². The number of hydrogen-bond acceptors (Lipinski definition) is 3. The molecule has 5 nitrogen and oxygen atoms in total. The number of rotatable bonds is 7. The van der Waals surface area contributed by atoms with E-state index in [4.69, 9.17) is 4.74 Å². The average Bonchev–Trinajstić information content (AvgIpc) is 3.21. The van der Waals surface area contributed by atoms with Crippen LogP contribution in [-0.4, -0.2) is 33.9 Å². The molecule has 1 atom stereocenters. The van der Waals surface area contributed by atoms with Crippen molar-refractivity contribution in [3.8, 4) is 17.0 Å². The number of benzene rings is 2. The van der Waals surface area contributed by atoms with Gasteiger partial charge in [0.1, 0.15) is 11.6 Å². The normalized spacial score (nSPS) is 18.0. The first kappa shape index (κ1) is 21.7. The van der Waals surface area contributed by atoms with Crippen LogP contribution in [0.25, 0.3) is 11.3 Å². The van der Waals surface area contributed by atoms with E-state index in [-0.39, 0.29) is 11.8 Å². The fraction of sp³-hybridized carbons (Fsp3) is 0.250. The van der Waals surface area contributed by atoms with Crippen LogP contribution in [0, 0.1) is 0 Å². The minimum Gasteiger partial charge on any atom is -0.484 e. The van der Waals surface area contributed by atoms with Gasteiger partial charge in [-0.15, -0.1) is 6.58 Å². The molecule has 32 heavy (non-hydrogen) atoms. The van der Waals surface area contributed by atoms with Crippen LogP contribution in [0.1, 0.15) is 17.8 Å². The molecule has 0 bridgehead atoms. The van der Waals surface area contributed by atoms with Gasteiger partial charge in [0, 0.05) is 18.2 Å². The molecule has 0 radical (unpaired) electrons. The van der Waals surface area contributed by atoms with Crippen LogP contribution in [0.15, 0.2) is 73.4 Å². The Labute approximate surface area is 183 Å². The Kier molecular flexibility index (Phi) is 5.78. The van der Waals surface area contributed by atoms with Crippen molar-refractivity contribution in [2.24, 2.45) is 0 Å². The maximum absolute atomic E-state index is 12.8. The number of ether oxygens (including phenoxy) is 1. The Hall–Kier alpha value is -3.55. The van der Waals surface area contributed by atoms with Crippen LogP contribution in [0.5, 0.6) is 5.75 Å². The van der Waals surface area contributed by atoms with Crippen molar-refractivity contribution in [3.63, 3.8) is 0 Å². The highest BCUT2D eigenvalue weighted by Gasteiger charge is 2.36. The van der Waals surface area contributed by atoms with Crippen molar-refractivity contribution in [3.05, 3.63) is 84.8 Å². The van der Waals surface area contributed by atoms with Gasteiger partial charge in [0.05, 0.1) is 11.2 Å². The highest BCUT2D eigenvalue weighted by molar-refractivity contribution is 5.81. The summed E-state index contributed by atoms with van der Waals surface area (Å²) in [4.78, 5) is 17.4. The molecule has 2 heterocycles. The lowest BCUT2D eigenvalue weighted by atomic mass is 9.86. The quantitative estimate of drug-likeness (QED) is 0.515. The zero-order valence-corrected chi connectivity index (χ0v) is 17.2. The second-order valence-corrected chi connectivity index (χ2v) is 7.80. The molecule has 1 aliphatic heterocycles. The van der Waals surface area contributed by atoms with Crippen LogP contribution in [0.3, 0.4) is 0 Å². The molecule has 166 valence electrons. The average molecular weight is 441 g/mol. The molecule has 1 amide bonds. The molecule has 2 aromatic carbocycles. The summed E-state index contributed by atoms with van der Waals surface area (Å²) in [6, 6.07) is 15.9. The summed E-state index contributed by atoms with van der Waals surface area (Å²) in [5.74, 6) is 0.790. The largest absolute Gasteiger partial charge is 0.484 e. The van der Waals surface area contributed by atoms with Gasteiger partial charge in [-0.05, 0) is 30.5 Å². The van der Waals surface area contributed by atoms with E-state index >= 15 is 0 Å². The molecule has 8 heteroatoms. The number of fused-ring (bicyclic) bond motifs is 1. The van der Waals surface area contributed by atoms with E-state index < -0.39 is 18.3 Å². The molecule has 1 N–H and O–H groups in total. The lowest BCUT2D eigenvalue weighted by Crippen LogP contribution is -2.54. The van der Waals surface area contributed by atoms with Gasteiger partial charge < -0.3 is 10.1 Å². The van der Waals surface area contributed by atoms with Crippen molar-refractivity contribution in [1.82, 2.24) is 14.9 Å². The highest BCUT2D eigenvalue weighted by Crippen LogP contribution is 2.29. The summed E-state index contributed by atoms with van der Waals surface area (Å²) in [5, 5.41) is 3.02. The Morgan fingerprint density at radius 2 is 1.97 bits per heavy atom. The number of carbonyl (C=O) groups excluding carboxylic acids is 1. The number of aryl methyl sites for hydroxylation is 1. The van der Waals surface area contributed by atoms with Crippen molar-refractivity contribution >= 4 is 6.03 Å². The molecule has 0 unspecified atom stereocenters. The van der Waals surface area contributed by atoms with E-state index in [1.54, 1.807) is 24.4 Å². The maximum Gasteiger partial charge on any atom is 0.422 e. The Balaban J connectivity index is 1.49. The van der Waals surface area contributed by atoms with Crippen molar-refractivity contribution in [2.75, 3.05) is 6.61 Å². The van der Waals surface area contributed by atoms with Gasteiger partial charge in [-0.2, -0.15) is 13.2 Å².